The maximum absolute atomic E-state index is 11.5. The maximum atomic E-state index is 11.5. The van der Waals surface area contributed by atoms with Crippen molar-refractivity contribution in [3.05, 3.63) is 0 Å². The highest BCUT2D eigenvalue weighted by atomic mass is 16.5. The van der Waals surface area contributed by atoms with E-state index in [1.54, 1.807) is 7.11 Å². The maximum Gasteiger partial charge on any atom is 0.138 e. The van der Waals surface area contributed by atoms with Gasteiger partial charge in [-0.25, -0.2) is 0 Å². The van der Waals surface area contributed by atoms with Crippen LogP contribution < -0.4 is 0 Å². The van der Waals surface area contributed by atoms with E-state index in [-0.39, 0.29) is 5.41 Å². The molecule has 0 aliphatic carbocycles. The van der Waals surface area contributed by atoms with Gasteiger partial charge in [0, 0.05) is 25.6 Å². The van der Waals surface area contributed by atoms with Crippen molar-refractivity contribution in [2.24, 2.45) is 5.41 Å². The molecule has 0 fully saturated rings. The first-order chi connectivity index (χ1) is 6.98. The molecule has 0 amide bonds. The summed E-state index contributed by atoms with van der Waals surface area (Å²) < 4.78 is 10.2. The van der Waals surface area contributed by atoms with Crippen molar-refractivity contribution in [2.45, 2.75) is 40.0 Å². The van der Waals surface area contributed by atoms with E-state index in [9.17, 15) is 4.79 Å². The number of carbonyl (C=O) groups is 1. The second-order valence-electron chi connectivity index (χ2n) is 4.74. The van der Waals surface area contributed by atoms with Gasteiger partial charge >= 0.3 is 0 Å². The van der Waals surface area contributed by atoms with Crippen LogP contribution in [0.15, 0.2) is 0 Å². The molecule has 90 valence electrons. The minimum Gasteiger partial charge on any atom is -0.382 e. The molecule has 0 bridgehead atoms. The third-order valence-electron chi connectivity index (χ3n) is 2.21. The molecular weight excluding hydrogens is 192 g/mol. The Balaban J connectivity index is 3.28. The van der Waals surface area contributed by atoms with Crippen LogP contribution in [0.4, 0.5) is 0 Å². The number of ketones is 1. The van der Waals surface area contributed by atoms with E-state index < -0.39 is 0 Å². The first-order valence-corrected chi connectivity index (χ1v) is 5.58. The molecule has 0 heterocycles. The van der Waals surface area contributed by atoms with E-state index in [4.69, 9.17) is 9.47 Å². The van der Waals surface area contributed by atoms with Crippen molar-refractivity contribution in [2.75, 3.05) is 26.9 Å². The van der Waals surface area contributed by atoms with Gasteiger partial charge in [0.15, 0.2) is 0 Å². The van der Waals surface area contributed by atoms with Crippen LogP contribution in [-0.4, -0.2) is 32.7 Å². The second-order valence-corrected chi connectivity index (χ2v) is 4.74. The van der Waals surface area contributed by atoms with Gasteiger partial charge in [0.2, 0.25) is 0 Å². The number of methoxy groups -OCH3 is 1. The van der Waals surface area contributed by atoms with Gasteiger partial charge in [-0.2, -0.15) is 0 Å². The minimum absolute atomic E-state index is 0.198. The molecule has 0 aliphatic heterocycles. The van der Waals surface area contributed by atoms with Crippen LogP contribution in [0.5, 0.6) is 0 Å². The van der Waals surface area contributed by atoms with Crippen LogP contribution in [0.25, 0.3) is 0 Å². The topological polar surface area (TPSA) is 35.5 Å². The summed E-state index contributed by atoms with van der Waals surface area (Å²) in [6.45, 7) is 7.89. The molecule has 0 unspecified atom stereocenters. The lowest BCUT2D eigenvalue weighted by atomic mass is 9.88. The van der Waals surface area contributed by atoms with E-state index in [1.807, 2.05) is 20.8 Å². The minimum atomic E-state index is -0.198. The van der Waals surface area contributed by atoms with Crippen molar-refractivity contribution in [3.63, 3.8) is 0 Å². The van der Waals surface area contributed by atoms with Crippen LogP contribution in [0, 0.1) is 5.41 Å². The molecule has 0 radical (unpaired) electrons. The highest BCUT2D eigenvalue weighted by molar-refractivity contribution is 5.83. The van der Waals surface area contributed by atoms with Crippen LogP contribution in [0.1, 0.15) is 40.0 Å². The first kappa shape index (κ1) is 14.6. The van der Waals surface area contributed by atoms with Gasteiger partial charge in [0.05, 0.1) is 13.2 Å². The van der Waals surface area contributed by atoms with E-state index >= 15 is 0 Å². The summed E-state index contributed by atoms with van der Waals surface area (Å²) in [6, 6.07) is 0. The Hall–Kier alpha value is -0.410. The van der Waals surface area contributed by atoms with Gasteiger partial charge in [-0.05, 0) is 12.8 Å². The summed E-state index contributed by atoms with van der Waals surface area (Å²) in [7, 11) is 1.66. The molecule has 0 atom stereocenters. The summed E-state index contributed by atoms with van der Waals surface area (Å²) in [6.07, 6.45) is 2.53. The molecule has 0 rings (SSSR count). The fourth-order valence-corrected chi connectivity index (χ4v) is 1.11. The lowest BCUT2D eigenvalue weighted by Crippen LogP contribution is -2.19. The normalized spacial score (nSPS) is 11.7. The molecule has 0 saturated carbocycles. The van der Waals surface area contributed by atoms with Crippen molar-refractivity contribution < 1.29 is 14.3 Å². The number of Topliss-reactive ketones (excluding diaryl/α,β-unsaturated/α-hetero) is 1. The van der Waals surface area contributed by atoms with Gasteiger partial charge in [0.25, 0.3) is 0 Å². The number of ether oxygens (including phenoxy) is 2. The Kier molecular flexibility index (Phi) is 7.61. The van der Waals surface area contributed by atoms with Crippen LogP contribution in [0.2, 0.25) is 0 Å². The molecule has 0 aliphatic rings. The monoisotopic (exact) mass is 216 g/mol. The number of carbonyl (C=O) groups excluding carboxylic acids is 1. The molecule has 15 heavy (non-hydrogen) atoms. The second kappa shape index (κ2) is 7.83. The Morgan fingerprint density at radius 3 is 2.27 bits per heavy atom. The zero-order chi connectivity index (χ0) is 11.7. The lowest BCUT2D eigenvalue weighted by molar-refractivity contribution is -0.126. The van der Waals surface area contributed by atoms with E-state index in [1.165, 1.54) is 0 Å². The molecule has 0 N–H and O–H groups in total. The Morgan fingerprint density at radius 2 is 1.73 bits per heavy atom. The molecule has 0 spiro atoms. The smallest absolute Gasteiger partial charge is 0.138 e. The summed E-state index contributed by atoms with van der Waals surface area (Å²) in [5.41, 5.74) is -0.198. The molecular formula is C12H24O3. The van der Waals surface area contributed by atoms with Crippen molar-refractivity contribution >= 4 is 5.78 Å². The summed E-state index contributed by atoms with van der Waals surface area (Å²) in [4.78, 5) is 11.5. The average molecular weight is 216 g/mol. The lowest BCUT2D eigenvalue weighted by Gasteiger charge is -2.16. The highest BCUT2D eigenvalue weighted by Crippen LogP contribution is 2.18. The fraction of sp³-hybridized carbons (Fsp3) is 0.917. The zero-order valence-corrected chi connectivity index (χ0v) is 10.5. The van der Waals surface area contributed by atoms with Gasteiger partial charge in [0.1, 0.15) is 5.78 Å². The summed E-state index contributed by atoms with van der Waals surface area (Å²) in [5, 5.41) is 0. The standard InChI is InChI=1S/C12H24O3/c1-12(2,3)11(13)7-5-6-8-15-10-9-14-4/h5-10H2,1-4H3. The number of rotatable bonds is 8. The predicted octanol–water partition coefficient (Wildman–Crippen LogP) is 2.43. The Bertz CT molecular complexity index is 170. The van der Waals surface area contributed by atoms with Crippen LogP contribution in [-0.2, 0) is 14.3 Å². The molecule has 0 aromatic rings. The average Bonchev–Trinajstić information content (AvgIpc) is 2.14. The van der Waals surface area contributed by atoms with Crippen molar-refractivity contribution in [1.29, 1.82) is 0 Å². The van der Waals surface area contributed by atoms with Crippen LogP contribution >= 0.6 is 0 Å². The first-order valence-electron chi connectivity index (χ1n) is 5.58. The zero-order valence-electron chi connectivity index (χ0n) is 10.5. The molecule has 0 aromatic heterocycles. The van der Waals surface area contributed by atoms with Gasteiger partial charge in [-0.15, -0.1) is 0 Å². The molecule has 3 nitrogen and oxygen atoms in total. The summed E-state index contributed by atoms with van der Waals surface area (Å²) >= 11 is 0. The Labute approximate surface area is 93.1 Å². The quantitative estimate of drug-likeness (QED) is 0.585. The number of unbranched alkanes of at least 4 members (excludes halogenated alkanes) is 1. The summed E-state index contributed by atoms with van der Waals surface area (Å²) in [5.74, 6) is 0.333. The van der Waals surface area contributed by atoms with Crippen molar-refractivity contribution in [3.8, 4) is 0 Å². The van der Waals surface area contributed by atoms with Gasteiger partial charge in [-0.3, -0.25) is 4.79 Å². The van der Waals surface area contributed by atoms with E-state index in [0.29, 0.717) is 25.4 Å². The van der Waals surface area contributed by atoms with E-state index in [0.717, 1.165) is 19.4 Å². The molecule has 3 heteroatoms. The van der Waals surface area contributed by atoms with Gasteiger partial charge in [-0.1, -0.05) is 20.8 Å². The van der Waals surface area contributed by atoms with Crippen LogP contribution in [0.3, 0.4) is 0 Å². The third-order valence-corrected chi connectivity index (χ3v) is 2.21. The number of hydrogen-bond donors (Lipinski definition) is 0. The fourth-order valence-electron chi connectivity index (χ4n) is 1.11. The number of hydrogen-bond acceptors (Lipinski definition) is 3. The largest absolute Gasteiger partial charge is 0.382 e. The molecule has 0 saturated heterocycles. The van der Waals surface area contributed by atoms with Gasteiger partial charge < -0.3 is 9.47 Å². The van der Waals surface area contributed by atoms with E-state index in [2.05, 4.69) is 0 Å². The van der Waals surface area contributed by atoms with Crippen molar-refractivity contribution in [1.82, 2.24) is 0 Å². The molecule has 0 aromatic carbocycles. The third kappa shape index (κ3) is 8.58. The predicted molar refractivity (Wildman–Crippen MR) is 61.0 cm³/mol. The highest BCUT2D eigenvalue weighted by Gasteiger charge is 2.19. The SMILES string of the molecule is COCCOCCCCC(=O)C(C)(C)C. The Morgan fingerprint density at radius 1 is 1.07 bits per heavy atom.